The average Bonchev–Trinajstić information content (AvgIpc) is 2.99. The number of anilines is 1. The van der Waals surface area contributed by atoms with E-state index in [4.69, 9.17) is 0 Å². The highest BCUT2D eigenvalue weighted by Crippen LogP contribution is 2.22. The first kappa shape index (κ1) is 21.1. The lowest BCUT2D eigenvalue weighted by molar-refractivity contribution is -0.658. The van der Waals surface area contributed by atoms with Crippen molar-refractivity contribution in [3.05, 3.63) is 83.4 Å². The van der Waals surface area contributed by atoms with Crippen molar-refractivity contribution in [1.82, 2.24) is 0 Å². The lowest BCUT2D eigenvalue weighted by Crippen LogP contribution is -3.00. The molecule has 1 heterocycles. The molecule has 2 nitrogen and oxygen atoms in total. The fourth-order valence-electron chi connectivity index (χ4n) is 2.88. The van der Waals surface area contributed by atoms with Gasteiger partial charge in [0.1, 0.15) is 4.70 Å². The highest BCUT2D eigenvalue weighted by Gasteiger charge is 2.16. The molecule has 0 N–H and O–H groups in total. The number of allylic oxidation sites excluding steroid dienone is 3. The Morgan fingerprint density at radius 2 is 1.81 bits per heavy atom. The molecule has 140 valence electrons. The normalized spacial score (nSPS) is 11.6. The summed E-state index contributed by atoms with van der Waals surface area (Å²) in [7, 11) is 4.12. The van der Waals surface area contributed by atoms with Crippen LogP contribution in [0.25, 0.3) is 22.4 Å². The van der Waals surface area contributed by atoms with Crippen molar-refractivity contribution >= 4 is 39.4 Å². The maximum atomic E-state index is 3.90. The summed E-state index contributed by atoms with van der Waals surface area (Å²) in [6, 6.07) is 17.1. The molecule has 0 radical (unpaired) electrons. The smallest absolute Gasteiger partial charge is 0.263 e. The van der Waals surface area contributed by atoms with Crippen LogP contribution in [0.5, 0.6) is 0 Å². The van der Waals surface area contributed by atoms with Gasteiger partial charge in [0.25, 0.3) is 5.01 Å². The van der Waals surface area contributed by atoms with Crippen LogP contribution in [0.15, 0.2) is 72.8 Å². The van der Waals surface area contributed by atoms with Crippen LogP contribution in [0.4, 0.5) is 5.69 Å². The molecule has 0 atom stereocenters. The minimum absolute atomic E-state index is 0. The zero-order valence-corrected chi connectivity index (χ0v) is 18.4. The summed E-state index contributed by atoms with van der Waals surface area (Å²) >= 11 is 1.81. The van der Waals surface area contributed by atoms with Gasteiger partial charge in [0.2, 0.25) is 5.52 Å². The van der Waals surface area contributed by atoms with E-state index in [1.165, 1.54) is 32.0 Å². The second-order valence-corrected chi connectivity index (χ2v) is 7.58. The van der Waals surface area contributed by atoms with Gasteiger partial charge in [0, 0.05) is 31.9 Å². The Hall–Kier alpha value is -2.17. The molecule has 0 spiro atoms. The standard InChI is InChI=1S/C23H25N2S.BrH/c1-5-16-25-21-8-6-7-9-22(21)26-23(25)15-10-18(2)17-19-11-13-20(14-12-19)24(3)4;/h5-15,17H,1,16H2,2-4H3;1H/q+1;/p-1. The van der Waals surface area contributed by atoms with Crippen LogP contribution in [0.3, 0.4) is 0 Å². The molecule has 27 heavy (non-hydrogen) atoms. The van der Waals surface area contributed by atoms with Gasteiger partial charge in [-0.2, -0.15) is 4.57 Å². The summed E-state index contributed by atoms with van der Waals surface area (Å²) in [6.45, 7) is 6.86. The van der Waals surface area contributed by atoms with E-state index in [-0.39, 0.29) is 17.0 Å². The maximum absolute atomic E-state index is 3.90. The predicted molar refractivity (Wildman–Crippen MR) is 116 cm³/mol. The summed E-state index contributed by atoms with van der Waals surface area (Å²) in [5, 5.41) is 1.24. The summed E-state index contributed by atoms with van der Waals surface area (Å²) in [4.78, 5) is 2.11. The first-order valence-electron chi connectivity index (χ1n) is 8.74. The third kappa shape index (κ3) is 5.18. The number of fused-ring (bicyclic) bond motifs is 1. The van der Waals surface area contributed by atoms with Gasteiger partial charge in [-0.15, -0.1) is 0 Å². The van der Waals surface area contributed by atoms with Crippen LogP contribution in [0.2, 0.25) is 0 Å². The van der Waals surface area contributed by atoms with Crippen LogP contribution in [-0.2, 0) is 6.54 Å². The highest BCUT2D eigenvalue weighted by atomic mass is 79.9. The van der Waals surface area contributed by atoms with Gasteiger partial charge in [0.05, 0.1) is 0 Å². The second-order valence-electron chi connectivity index (χ2n) is 6.51. The van der Waals surface area contributed by atoms with Crippen molar-refractivity contribution in [2.45, 2.75) is 13.5 Å². The number of hydrogen-bond acceptors (Lipinski definition) is 2. The third-order valence-corrected chi connectivity index (χ3v) is 5.37. The van der Waals surface area contributed by atoms with Crippen LogP contribution < -0.4 is 26.4 Å². The van der Waals surface area contributed by atoms with Crippen LogP contribution >= 0.6 is 11.3 Å². The van der Waals surface area contributed by atoms with Gasteiger partial charge in [-0.1, -0.05) is 59.9 Å². The zero-order chi connectivity index (χ0) is 18.5. The second kappa shape index (κ2) is 9.67. The lowest BCUT2D eigenvalue weighted by atomic mass is 10.1. The van der Waals surface area contributed by atoms with Crippen molar-refractivity contribution < 1.29 is 21.5 Å². The molecule has 0 saturated heterocycles. The number of rotatable bonds is 6. The Morgan fingerprint density at radius 3 is 2.48 bits per heavy atom. The quantitative estimate of drug-likeness (QED) is 0.324. The molecule has 0 amide bonds. The fraction of sp³-hybridized carbons (Fsp3) is 0.174. The Bertz CT molecular complexity index is 966. The number of aromatic nitrogens is 1. The largest absolute Gasteiger partial charge is 1.00 e. The molecule has 0 saturated carbocycles. The molecule has 2 aromatic carbocycles. The van der Waals surface area contributed by atoms with E-state index in [0.717, 1.165) is 6.54 Å². The Balaban J connectivity index is 0.00000261. The van der Waals surface area contributed by atoms with Crippen molar-refractivity contribution in [3.8, 4) is 0 Å². The number of nitrogens with zero attached hydrogens (tertiary/aromatic N) is 2. The minimum Gasteiger partial charge on any atom is -1.00 e. The fourth-order valence-corrected chi connectivity index (χ4v) is 3.95. The van der Waals surface area contributed by atoms with Crippen LogP contribution in [0.1, 0.15) is 17.5 Å². The van der Waals surface area contributed by atoms with Gasteiger partial charge >= 0.3 is 0 Å². The van der Waals surface area contributed by atoms with E-state index < -0.39 is 0 Å². The van der Waals surface area contributed by atoms with E-state index in [2.05, 4.69) is 104 Å². The van der Waals surface area contributed by atoms with E-state index in [9.17, 15) is 0 Å². The molecule has 0 aliphatic heterocycles. The highest BCUT2D eigenvalue weighted by molar-refractivity contribution is 7.18. The molecule has 3 rings (SSSR count). The number of hydrogen-bond donors (Lipinski definition) is 0. The summed E-state index contributed by atoms with van der Waals surface area (Å²) < 4.78 is 3.61. The Labute approximate surface area is 176 Å². The number of benzene rings is 2. The SMILES string of the molecule is C=CC[n+]1c(/C=C/C(C)=C/c2ccc(N(C)C)cc2)sc2ccccc21.[Br-]. The van der Waals surface area contributed by atoms with Gasteiger partial charge in [-0.25, -0.2) is 0 Å². The molecule has 4 heteroatoms. The molecule has 0 aliphatic carbocycles. The molecular formula is C23H25BrN2S. The molecule has 3 aromatic rings. The van der Waals surface area contributed by atoms with E-state index in [1.54, 1.807) is 0 Å². The Kier molecular flexibility index (Phi) is 7.57. The molecule has 0 bridgehead atoms. The first-order valence-corrected chi connectivity index (χ1v) is 9.56. The molecule has 0 fully saturated rings. The van der Waals surface area contributed by atoms with E-state index in [0.29, 0.717) is 0 Å². The number of para-hydroxylation sites is 1. The first-order chi connectivity index (χ1) is 12.6. The van der Waals surface area contributed by atoms with E-state index >= 15 is 0 Å². The Morgan fingerprint density at radius 1 is 1.11 bits per heavy atom. The molecule has 0 unspecified atom stereocenters. The molecule has 1 aromatic heterocycles. The van der Waals surface area contributed by atoms with Crippen molar-refractivity contribution in [2.75, 3.05) is 19.0 Å². The van der Waals surface area contributed by atoms with Crippen molar-refractivity contribution in [1.29, 1.82) is 0 Å². The third-order valence-electron chi connectivity index (χ3n) is 4.24. The predicted octanol–water partition coefficient (Wildman–Crippen LogP) is 2.56. The summed E-state index contributed by atoms with van der Waals surface area (Å²) in [5.74, 6) is 0. The van der Waals surface area contributed by atoms with Gasteiger partial charge in [-0.3, -0.25) is 0 Å². The van der Waals surface area contributed by atoms with Crippen molar-refractivity contribution in [3.63, 3.8) is 0 Å². The number of halogens is 1. The lowest BCUT2D eigenvalue weighted by Gasteiger charge is -2.11. The topological polar surface area (TPSA) is 7.12 Å². The monoisotopic (exact) mass is 440 g/mol. The van der Waals surface area contributed by atoms with Crippen LogP contribution in [-0.4, -0.2) is 14.1 Å². The van der Waals surface area contributed by atoms with E-state index in [1.807, 2.05) is 17.4 Å². The molecule has 0 aliphatic rings. The van der Waals surface area contributed by atoms with Crippen molar-refractivity contribution in [2.24, 2.45) is 0 Å². The summed E-state index contributed by atoms with van der Waals surface area (Å²) in [6.07, 6.45) is 8.55. The van der Waals surface area contributed by atoms with Crippen LogP contribution in [0, 0.1) is 0 Å². The average molecular weight is 441 g/mol. The number of thiazole rings is 1. The van der Waals surface area contributed by atoms with Gasteiger partial charge in [0.15, 0.2) is 6.54 Å². The maximum Gasteiger partial charge on any atom is 0.263 e. The molecular weight excluding hydrogens is 416 g/mol. The van der Waals surface area contributed by atoms with Gasteiger partial charge in [-0.05, 0) is 36.8 Å². The minimum atomic E-state index is 0. The summed E-state index contributed by atoms with van der Waals surface area (Å²) in [5.41, 5.74) is 4.92. The van der Waals surface area contributed by atoms with Gasteiger partial charge < -0.3 is 21.9 Å². The zero-order valence-electron chi connectivity index (χ0n) is 16.0.